The number of sulfone groups is 1. The molecule has 6 atom stereocenters. The van der Waals surface area contributed by atoms with E-state index < -0.39 is 27.2 Å². The second-order valence-electron chi connectivity index (χ2n) is 13.7. The summed E-state index contributed by atoms with van der Waals surface area (Å²) in [6.07, 6.45) is 13.2. The number of fused-ring (bicyclic) bond motifs is 2. The Balaban J connectivity index is 1.31. The lowest BCUT2D eigenvalue weighted by Crippen LogP contribution is -2.43. The van der Waals surface area contributed by atoms with E-state index in [2.05, 4.69) is 21.6 Å². The summed E-state index contributed by atoms with van der Waals surface area (Å²) < 4.78 is 38.3. The molecule has 0 saturated heterocycles. The van der Waals surface area contributed by atoms with Crippen LogP contribution in [0, 0.1) is 23.7 Å². The van der Waals surface area contributed by atoms with Gasteiger partial charge in [-0.15, -0.1) is 0 Å². The number of ether oxygens (including phenoxy) is 2. The molecule has 0 spiro atoms. The molecule has 0 radical (unpaired) electrons. The number of aliphatic hydroxyl groups excluding tert-OH is 1. The lowest BCUT2D eigenvalue weighted by atomic mass is 9.69. The standard InChI is InChI=1S/C39H50ClN3O6S/c1-5-20-42-39(41-3)50(46,47)37-11-8-10-27(26(37)2)14-18-35(44)33-17-13-30(33)24-43-21-7-6-9-28-22-32(40)16-12-31(28)25-49-36-19-15-29(23-34(36)43)38(45)48-4/h5,12,14-16,18-20,22-23,26-27,30,33,35,37,44H,3,6-11,13,17,21,24-25H2,1-2,4H3/b18-14-,20-5-,42-39?/t26-,27-,30+,33+,35-,37+/m1/s1. The van der Waals surface area contributed by atoms with Gasteiger partial charge in [0.15, 0.2) is 0 Å². The molecule has 3 aliphatic rings. The number of amidine groups is 1. The molecule has 270 valence electrons. The molecule has 9 nitrogen and oxygen atoms in total. The Kier molecular flexibility index (Phi) is 13.0. The van der Waals surface area contributed by atoms with E-state index in [-0.39, 0.29) is 28.8 Å². The number of rotatable bonds is 8. The van der Waals surface area contributed by atoms with E-state index in [0.29, 0.717) is 35.9 Å². The van der Waals surface area contributed by atoms with Crippen molar-refractivity contribution in [1.82, 2.24) is 0 Å². The van der Waals surface area contributed by atoms with Crippen molar-refractivity contribution in [3.05, 3.63) is 82.5 Å². The number of carbonyl (C=O) groups is 1. The van der Waals surface area contributed by atoms with Gasteiger partial charge in [0.1, 0.15) is 12.4 Å². The molecule has 1 aliphatic heterocycles. The Labute approximate surface area is 302 Å². The van der Waals surface area contributed by atoms with Gasteiger partial charge in [0.05, 0.1) is 29.7 Å². The highest BCUT2D eigenvalue weighted by Gasteiger charge is 2.41. The SMILES string of the molecule is C=NC(=N/C=C\C)S(=O)(=O)[C@H]1CCC[C@H](/C=C\[C@@H](O)[C@H]2CC[C@H]2CN2CCCCc3cc(Cl)ccc3COc3ccc(C(=O)OC)cc32)[C@H]1C. The van der Waals surface area contributed by atoms with Crippen molar-refractivity contribution in [3.8, 4) is 5.75 Å². The molecule has 0 amide bonds. The minimum absolute atomic E-state index is 0.00948. The number of aliphatic imine (C=N–C) groups is 2. The van der Waals surface area contributed by atoms with Crippen molar-refractivity contribution in [1.29, 1.82) is 0 Å². The van der Waals surface area contributed by atoms with Gasteiger partial charge in [-0.2, -0.15) is 0 Å². The number of aryl methyl sites for hydroxylation is 1. The summed E-state index contributed by atoms with van der Waals surface area (Å²) in [7, 11) is -2.36. The third kappa shape index (κ3) is 8.69. The van der Waals surface area contributed by atoms with Gasteiger partial charge in [-0.1, -0.05) is 49.2 Å². The topological polar surface area (TPSA) is 118 Å². The summed E-state index contributed by atoms with van der Waals surface area (Å²) in [6.45, 7) is 9.04. The van der Waals surface area contributed by atoms with Gasteiger partial charge < -0.3 is 19.5 Å². The number of anilines is 1. The van der Waals surface area contributed by atoms with Crippen LogP contribution in [0.4, 0.5) is 5.69 Å². The minimum Gasteiger partial charge on any atom is -0.487 e. The molecule has 1 heterocycles. The van der Waals surface area contributed by atoms with Gasteiger partial charge in [-0.25, -0.2) is 23.2 Å². The first-order valence-electron chi connectivity index (χ1n) is 17.7. The van der Waals surface area contributed by atoms with Crippen LogP contribution in [0.5, 0.6) is 5.75 Å². The van der Waals surface area contributed by atoms with Gasteiger partial charge in [0, 0.05) is 24.3 Å². The van der Waals surface area contributed by atoms with E-state index in [1.54, 1.807) is 19.1 Å². The maximum absolute atomic E-state index is 13.4. The van der Waals surface area contributed by atoms with Crippen LogP contribution < -0.4 is 9.64 Å². The molecule has 5 rings (SSSR count). The highest BCUT2D eigenvalue weighted by molar-refractivity contribution is 8.06. The van der Waals surface area contributed by atoms with Gasteiger partial charge in [-0.05, 0) is 124 Å². The number of methoxy groups -OCH3 is 1. The fourth-order valence-corrected chi connectivity index (χ4v) is 9.78. The largest absolute Gasteiger partial charge is 0.487 e. The highest BCUT2D eigenvalue weighted by Crippen LogP contribution is 2.42. The molecule has 0 unspecified atom stereocenters. The highest BCUT2D eigenvalue weighted by atomic mass is 35.5. The molecule has 50 heavy (non-hydrogen) atoms. The summed E-state index contributed by atoms with van der Waals surface area (Å²) in [5, 5.41) is 11.3. The average Bonchev–Trinajstić information content (AvgIpc) is 3.12. The Bertz CT molecular complexity index is 1720. The van der Waals surface area contributed by atoms with E-state index >= 15 is 0 Å². The number of hydrogen-bond acceptors (Lipinski definition) is 8. The van der Waals surface area contributed by atoms with Crippen molar-refractivity contribution in [2.45, 2.75) is 83.2 Å². The lowest BCUT2D eigenvalue weighted by molar-refractivity contribution is 0.0457. The van der Waals surface area contributed by atoms with Crippen molar-refractivity contribution < 1.29 is 27.8 Å². The molecule has 11 heteroatoms. The number of aliphatic hydroxyl groups is 1. The van der Waals surface area contributed by atoms with E-state index in [1.165, 1.54) is 18.9 Å². The molecule has 2 aromatic rings. The summed E-state index contributed by atoms with van der Waals surface area (Å²) >= 11 is 6.34. The van der Waals surface area contributed by atoms with Crippen molar-refractivity contribution in [2.75, 3.05) is 25.1 Å². The van der Waals surface area contributed by atoms with Crippen LogP contribution in [0.3, 0.4) is 0 Å². The lowest BCUT2D eigenvalue weighted by Gasteiger charge is -2.43. The zero-order valence-corrected chi connectivity index (χ0v) is 30.9. The van der Waals surface area contributed by atoms with Crippen LogP contribution >= 0.6 is 11.6 Å². The van der Waals surface area contributed by atoms with E-state index in [9.17, 15) is 18.3 Å². The molecule has 2 aromatic carbocycles. The Morgan fingerprint density at radius 3 is 2.68 bits per heavy atom. The van der Waals surface area contributed by atoms with Crippen LogP contribution in [0.1, 0.15) is 80.3 Å². The van der Waals surface area contributed by atoms with Crippen LogP contribution in [0.2, 0.25) is 5.02 Å². The van der Waals surface area contributed by atoms with Gasteiger partial charge in [0.2, 0.25) is 15.0 Å². The third-order valence-corrected chi connectivity index (χ3v) is 13.2. The maximum Gasteiger partial charge on any atom is 0.337 e. The molecule has 2 saturated carbocycles. The fraction of sp³-hybridized carbons (Fsp3) is 0.513. The zero-order valence-electron chi connectivity index (χ0n) is 29.3. The van der Waals surface area contributed by atoms with Crippen LogP contribution in [0.25, 0.3) is 0 Å². The zero-order chi connectivity index (χ0) is 35.8. The monoisotopic (exact) mass is 723 g/mol. The van der Waals surface area contributed by atoms with Crippen molar-refractivity contribution >= 4 is 45.0 Å². The molecular formula is C39H50ClN3O6S. The number of benzene rings is 2. The first-order chi connectivity index (χ1) is 24.1. The molecular weight excluding hydrogens is 674 g/mol. The van der Waals surface area contributed by atoms with Crippen LogP contribution in [-0.4, -0.2) is 62.9 Å². The van der Waals surface area contributed by atoms with Gasteiger partial charge in [0.25, 0.3) is 0 Å². The van der Waals surface area contributed by atoms with E-state index in [0.717, 1.165) is 62.7 Å². The first kappa shape index (κ1) is 37.8. The minimum atomic E-state index is -3.74. The second kappa shape index (κ2) is 17.2. The number of allylic oxidation sites excluding steroid dienone is 2. The molecule has 2 fully saturated rings. The first-order valence-corrected chi connectivity index (χ1v) is 19.6. The Morgan fingerprint density at radius 2 is 1.96 bits per heavy atom. The Morgan fingerprint density at radius 1 is 1.14 bits per heavy atom. The van der Waals surface area contributed by atoms with Crippen LogP contribution in [-0.2, 0) is 27.6 Å². The smallest absolute Gasteiger partial charge is 0.337 e. The quantitative estimate of drug-likeness (QED) is 0.129. The van der Waals surface area contributed by atoms with E-state index in [1.807, 2.05) is 49.4 Å². The summed E-state index contributed by atoms with van der Waals surface area (Å²) in [6, 6.07) is 11.4. The number of nitrogens with zero attached hydrogens (tertiary/aromatic N) is 3. The number of halogens is 1. The molecule has 1 N–H and O–H groups in total. The van der Waals surface area contributed by atoms with Crippen LogP contribution in [0.15, 0.2) is 70.8 Å². The summed E-state index contributed by atoms with van der Waals surface area (Å²) in [5.41, 5.74) is 3.58. The number of esters is 1. The normalized spacial score (nSPS) is 25.5. The number of carbonyl (C=O) groups excluding carboxylic acids is 1. The fourth-order valence-electron chi connectivity index (χ4n) is 7.68. The summed E-state index contributed by atoms with van der Waals surface area (Å²) in [4.78, 5) is 22.6. The number of hydrogen-bond donors (Lipinski definition) is 1. The average molecular weight is 724 g/mol. The van der Waals surface area contributed by atoms with Gasteiger partial charge in [-0.3, -0.25) is 0 Å². The molecule has 0 bridgehead atoms. The molecule has 0 aromatic heterocycles. The Hall–Kier alpha value is -3.47. The predicted octanol–water partition coefficient (Wildman–Crippen LogP) is 7.60. The van der Waals surface area contributed by atoms with Crippen molar-refractivity contribution in [3.63, 3.8) is 0 Å². The maximum atomic E-state index is 13.4. The summed E-state index contributed by atoms with van der Waals surface area (Å²) in [5.74, 6) is 0.428. The predicted molar refractivity (Wildman–Crippen MR) is 201 cm³/mol. The molecule has 2 aliphatic carbocycles. The van der Waals surface area contributed by atoms with Gasteiger partial charge >= 0.3 is 5.97 Å². The van der Waals surface area contributed by atoms with Crippen molar-refractivity contribution in [2.24, 2.45) is 33.7 Å². The van der Waals surface area contributed by atoms with E-state index in [4.69, 9.17) is 21.1 Å². The third-order valence-electron chi connectivity index (χ3n) is 10.7. The second-order valence-corrected chi connectivity index (χ2v) is 16.2.